The molecular formula is C5H7ClN2O. The van der Waals surface area contributed by atoms with Crippen molar-refractivity contribution in [3.05, 3.63) is 18.0 Å². The van der Waals surface area contributed by atoms with E-state index in [-0.39, 0.29) is 6.61 Å². The van der Waals surface area contributed by atoms with Crippen LogP contribution in [0.1, 0.15) is 5.69 Å². The Morgan fingerprint density at radius 3 is 3.00 bits per heavy atom. The fourth-order valence-corrected chi connectivity index (χ4v) is 0.817. The van der Waals surface area contributed by atoms with Crippen molar-refractivity contribution in [1.29, 1.82) is 0 Å². The van der Waals surface area contributed by atoms with Crippen molar-refractivity contribution in [3.63, 3.8) is 0 Å². The van der Waals surface area contributed by atoms with Gasteiger partial charge in [-0.3, -0.25) is 4.68 Å². The minimum absolute atomic E-state index is 0.00722. The lowest BCUT2D eigenvalue weighted by atomic mass is 10.5. The molecule has 0 atom stereocenters. The summed E-state index contributed by atoms with van der Waals surface area (Å²) in [4.78, 5) is 0. The Morgan fingerprint density at radius 1 is 1.78 bits per heavy atom. The predicted molar refractivity (Wildman–Crippen MR) is 34.0 cm³/mol. The molecule has 1 aromatic heterocycles. The van der Waals surface area contributed by atoms with E-state index in [1.54, 1.807) is 12.3 Å². The Morgan fingerprint density at radius 2 is 2.56 bits per heavy atom. The molecule has 0 fully saturated rings. The highest BCUT2D eigenvalue weighted by molar-refractivity contribution is 6.15. The van der Waals surface area contributed by atoms with Crippen molar-refractivity contribution in [3.8, 4) is 0 Å². The van der Waals surface area contributed by atoms with Crippen LogP contribution in [0.5, 0.6) is 0 Å². The van der Waals surface area contributed by atoms with Gasteiger partial charge >= 0.3 is 0 Å². The summed E-state index contributed by atoms with van der Waals surface area (Å²) >= 11 is 5.44. The molecule has 1 N–H and O–H groups in total. The van der Waals surface area contributed by atoms with Crippen LogP contribution in [0.3, 0.4) is 0 Å². The van der Waals surface area contributed by atoms with E-state index in [9.17, 15) is 0 Å². The van der Waals surface area contributed by atoms with E-state index in [0.717, 1.165) is 5.69 Å². The molecule has 3 nitrogen and oxygen atoms in total. The molecule has 0 unspecified atom stereocenters. The quantitative estimate of drug-likeness (QED) is 0.620. The number of halogens is 1. The van der Waals surface area contributed by atoms with Crippen LogP contribution in [-0.2, 0) is 12.6 Å². The molecule has 0 saturated carbocycles. The summed E-state index contributed by atoms with van der Waals surface area (Å²) in [5.74, 6) is 0. The molecule has 50 valence electrons. The summed E-state index contributed by atoms with van der Waals surface area (Å²) in [5.41, 5.74) is 0.741. The molecule has 1 aromatic rings. The predicted octanol–water partition coefficient (Wildman–Crippen LogP) is 0.572. The summed E-state index contributed by atoms with van der Waals surface area (Å²) < 4.78 is 1.53. The minimum atomic E-state index is -0.00722. The maximum atomic E-state index is 8.62. The van der Waals surface area contributed by atoms with Crippen LogP contribution in [0, 0.1) is 0 Å². The van der Waals surface area contributed by atoms with Gasteiger partial charge in [-0.2, -0.15) is 5.10 Å². The van der Waals surface area contributed by atoms with Crippen molar-refractivity contribution in [2.24, 2.45) is 0 Å². The van der Waals surface area contributed by atoms with Crippen LogP contribution in [-0.4, -0.2) is 14.9 Å². The van der Waals surface area contributed by atoms with Crippen LogP contribution in [0.2, 0.25) is 0 Å². The number of aliphatic hydroxyl groups is 1. The first-order chi connectivity index (χ1) is 4.38. The van der Waals surface area contributed by atoms with E-state index in [2.05, 4.69) is 5.10 Å². The zero-order valence-corrected chi connectivity index (χ0v) is 5.54. The SMILES string of the molecule is OCc1ccnn1CCl. The summed E-state index contributed by atoms with van der Waals surface area (Å²) in [7, 11) is 0. The highest BCUT2D eigenvalue weighted by atomic mass is 35.5. The Labute approximate surface area is 57.9 Å². The number of nitrogens with zero attached hydrogens (tertiary/aromatic N) is 2. The summed E-state index contributed by atoms with van der Waals surface area (Å²) in [5, 5.41) is 12.4. The fourth-order valence-electron chi connectivity index (χ4n) is 0.602. The standard InChI is InChI=1S/C5H7ClN2O/c6-4-8-5(3-9)1-2-7-8/h1-2,9H,3-4H2. The van der Waals surface area contributed by atoms with Crippen LogP contribution in [0.25, 0.3) is 0 Å². The van der Waals surface area contributed by atoms with E-state index < -0.39 is 0 Å². The number of alkyl halides is 1. The molecule has 0 spiro atoms. The topological polar surface area (TPSA) is 38.1 Å². The van der Waals surface area contributed by atoms with Gasteiger partial charge in [0.05, 0.1) is 12.3 Å². The zero-order valence-electron chi connectivity index (χ0n) is 4.79. The molecule has 4 heteroatoms. The Kier molecular flexibility index (Phi) is 2.08. The lowest BCUT2D eigenvalue weighted by Gasteiger charge is -1.96. The van der Waals surface area contributed by atoms with Gasteiger partial charge in [0.15, 0.2) is 0 Å². The van der Waals surface area contributed by atoms with Gasteiger partial charge < -0.3 is 5.11 Å². The summed E-state index contributed by atoms with van der Waals surface area (Å²) in [6.45, 7) is -0.00722. The number of hydrogen-bond donors (Lipinski definition) is 1. The van der Waals surface area contributed by atoms with E-state index >= 15 is 0 Å². The third-order valence-corrected chi connectivity index (χ3v) is 1.31. The van der Waals surface area contributed by atoms with E-state index in [1.807, 2.05) is 0 Å². The Bertz CT molecular complexity index is 168. The molecule has 0 aromatic carbocycles. The van der Waals surface area contributed by atoms with Crippen LogP contribution in [0.15, 0.2) is 12.3 Å². The molecule has 0 bridgehead atoms. The van der Waals surface area contributed by atoms with Gasteiger partial charge in [-0.25, -0.2) is 0 Å². The van der Waals surface area contributed by atoms with Gasteiger partial charge in [-0.1, -0.05) is 0 Å². The maximum Gasteiger partial charge on any atom is 0.115 e. The summed E-state index contributed by atoms with van der Waals surface area (Å²) in [6, 6.07) is 2.02. The first-order valence-electron chi connectivity index (χ1n) is 2.56. The third kappa shape index (κ3) is 1.23. The van der Waals surface area contributed by atoms with Crippen LogP contribution < -0.4 is 0 Å². The highest BCUT2D eigenvalue weighted by Gasteiger charge is 1.96. The molecule has 0 aliphatic carbocycles. The first kappa shape index (κ1) is 6.58. The van der Waals surface area contributed by atoms with Crippen LogP contribution in [0.4, 0.5) is 0 Å². The van der Waals surface area contributed by atoms with Gasteiger partial charge in [0.1, 0.15) is 6.00 Å². The lowest BCUT2D eigenvalue weighted by molar-refractivity contribution is 0.270. The van der Waals surface area contributed by atoms with Gasteiger partial charge in [-0.05, 0) is 6.07 Å². The van der Waals surface area contributed by atoms with Gasteiger partial charge in [0, 0.05) is 6.20 Å². The monoisotopic (exact) mass is 146 g/mol. The Balaban J connectivity index is 2.85. The van der Waals surface area contributed by atoms with Crippen molar-refractivity contribution < 1.29 is 5.11 Å². The summed E-state index contributed by atoms with van der Waals surface area (Å²) in [6.07, 6.45) is 1.61. The largest absolute Gasteiger partial charge is 0.390 e. The molecule has 0 aliphatic heterocycles. The molecule has 0 aliphatic rings. The lowest BCUT2D eigenvalue weighted by Crippen LogP contribution is -1.99. The smallest absolute Gasteiger partial charge is 0.115 e. The average molecular weight is 147 g/mol. The van der Waals surface area contributed by atoms with Crippen molar-refractivity contribution in [2.45, 2.75) is 12.6 Å². The van der Waals surface area contributed by atoms with Crippen molar-refractivity contribution >= 4 is 11.6 Å². The fraction of sp³-hybridized carbons (Fsp3) is 0.400. The van der Waals surface area contributed by atoms with E-state index in [0.29, 0.717) is 6.00 Å². The second-order valence-corrected chi connectivity index (χ2v) is 1.84. The highest BCUT2D eigenvalue weighted by Crippen LogP contribution is 1.98. The second kappa shape index (κ2) is 2.85. The number of rotatable bonds is 2. The van der Waals surface area contributed by atoms with Gasteiger partial charge in [0.2, 0.25) is 0 Å². The van der Waals surface area contributed by atoms with Crippen molar-refractivity contribution in [2.75, 3.05) is 0 Å². The van der Waals surface area contributed by atoms with Crippen molar-refractivity contribution in [1.82, 2.24) is 9.78 Å². The number of aromatic nitrogens is 2. The zero-order chi connectivity index (χ0) is 6.69. The maximum absolute atomic E-state index is 8.62. The molecule has 1 heterocycles. The first-order valence-corrected chi connectivity index (χ1v) is 3.09. The van der Waals surface area contributed by atoms with E-state index in [4.69, 9.17) is 16.7 Å². The number of aliphatic hydroxyl groups excluding tert-OH is 1. The molecule has 9 heavy (non-hydrogen) atoms. The van der Waals surface area contributed by atoms with Gasteiger partial charge in [0.25, 0.3) is 0 Å². The van der Waals surface area contributed by atoms with Crippen LogP contribution >= 0.6 is 11.6 Å². The van der Waals surface area contributed by atoms with E-state index in [1.165, 1.54) is 4.68 Å². The normalized spacial score (nSPS) is 10.0. The molecule has 0 amide bonds. The molecular weight excluding hydrogens is 140 g/mol. The third-order valence-electron chi connectivity index (χ3n) is 1.08. The molecule has 0 radical (unpaired) electrons. The second-order valence-electron chi connectivity index (χ2n) is 1.60. The minimum Gasteiger partial charge on any atom is -0.390 e. The Hall–Kier alpha value is -0.540. The molecule has 1 rings (SSSR count). The van der Waals surface area contributed by atoms with Gasteiger partial charge in [-0.15, -0.1) is 11.6 Å². The average Bonchev–Trinajstić information content (AvgIpc) is 2.33. The number of hydrogen-bond acceptors (Lipinski definition) is 2. The molecule has 0 saturated heterocycles.